The lowest BCUT2D eigenvalue weighted by molar-refractivity contribution is 0.254. The number of hydrogen-bond acceptors (Lipinski definition) is 2. The molecule has 0 heterocycles. The molecule has 0 radical (unpaired) electrons. The van der Waals surface area contributed by atoms with Crippen LogP contribution in [0.3, 0.4) is 0 Å². The fourth-order valence-corrected chi connectivity index (χ4v) is 0.963. The van der Waals surface area contributed by atoms with Crippen molar-refractivity contribution < 1.29 is 4.39 Å². The van der Waals surface area contributed by atoms with Crippen LogP contribution in [0.5, 0.6) is 0 Å². The predicted octanol–water partition coefficient (Wildman–Crippen LogP) is 1.14. The highest BCUT2D eigenvalue weighted by Gasteiger charge is 2.22. The first-order valence-electron chi connectivity index (χ1n) is 3.23. The molecule has 0 aromatic carbocycles. The van der Waals surface area contributed by atoms with Crippen LogP contribution < -0.4 is 11.1 Å². The summed E-state index contributed by atoms with van der Waals surface area (Å²) >= 11 is 0. The van der Waals surface area contributed by atoms with Crippen molar-refractivity contribution in [3.8, 4) is 0 Å². The van der Waals surface area contributed by atoms with Gasteiger partial charge in [0.25, 0.3) is 0 Å². The summed E-state index contributed by atoms with van der Waals surface area (Å²) in [5.74, 6) is 0. The van der Waals surface area contributed by atoms with Gasteiger partial charge in [-0.25, -0.2) is 4.39 Å². The molecule has 3 heteroatoms. The zero-order valence-electron chi connectivity index (χ0n) is 6.96. The van der Waals surface area contributed by atoms with E-state index in [1.165, 1.54) is 13.8 Å². The first kappa shape index (κ1) is 9.27. The van der Waals surface area contributed by atoms with Crippen molar-refractivity contribution in [3.05, 3.63) is 11.4 Å². The third kappa shape index (κ3) is 2.25. The van der Waals surface area contributed by atoms with Crippen LogP contribution in [-0.4, -0.2) is 12.7 Å². The number of hydrogen-bond donors (Lipinski definition) is 2. The highest BCUT2D eigenvalue weighted by atomic mass is 19.1. The average molecular weight is 146 g/mol. The van der Waals surface area contributed by atoms with E-state index >= 15 is 0 Å². The molecule has 0 rings (SSSR count). The molecule has 0 aliphatic rings. The van der Waals surface area contributed by atoms with Crippen LogP contribution in [-0.2, 0) is 0 Å². The van der Waals surface area contributed by atoms with Gasteiger partial charge < -0.3 is 11.1 Å². The maximum absolute atomic E-state index is 13.1. The van der Waals surface area contributed by atoms with Crippen LogP contribution in [0.2, 0.25) is 0 Å². The highest BCUT2D eigenvalue weighted by Crippen LogP contribution is 2.18. The first-order valence-corrected chi connectivity index (χ1v) is 3.23. The topological polar surface area (TPSA) is 38.0 Å². The maximum Gasteiger partial charge on any atom is 0.146 e. The van der Waals surface area contributed by atoms with E-state index in [2.05, 4.69) is 5.32 Å². The third-order valence-electron chi connectivity index (χ3n) is 1.24. The quantitative estimate of drug-likeness (QED) is 0.613. The number of alkyl halides is 1. The summed E-state index contributed by atoms with van der Waals surface area (Å²) in [5.41, 5.74) is 4.99. The van der Waals surface area contributed by atoms with E-state index in [-0.39, 0.29) is 0 Å². The molecule has 0 amide bonds. The molecule has 2 nitrogen and oxygen atoms in total. The summed E-state index contributed by atoms with van der Waals surface area (Å²) in [6, 6.07) is 0. The molecular formula is C7H15FN2. The average Bonchev–Trinajstić information content (AvgIpc) is 1.60. The highest BCUT2D eigenvalue weighted by molar-refractivity contribution is 5.16. The van der Waals surface area contributed by atoms with E-state index in [9.17, 15) is 4.39 Å². The predicted molar refractivity (Wildman–Crippen MR) is 41.1 cm³/mol. The molecule has 0 aliphatic carbocycles. The Labute approximate surface area is 61.3 Å². The van der Waals surface area contributed by atoms with E-state index in [1.807, 2.05) is 0 Å². The Kier molecular flexibility index (Phi) is 2.69. The second-order valence-corrected chi connectivity index (χ2v) is 2.78. The van der Waals surface area contributed by atoms with Crippen LogP contribution in [0.4, 0.5) is 4.39 Å². The smallest absolute Gasteiger partial charge is 0.146 e. The molecule has 0 fully saturated rings. The molecule has 0 saturated heterocycles. The minimum absolute atomic E-state index is 0.451. The molecule has 0 spiro atoms. The summed E-state index contributed by atoms with van der Waals surface area (Å²) in [7, 11) is 1.66. The fraction of sp³-hybridized carbons (Fsp3) is 0.714. The Morgan fingerprint density at radius 3 is 1.90 bits per heavy atom. The summed E-state index contributed by atoms with van der Waals surface area (Å²) in [4.78, 5) is 0. The molecule has 60 valence electrons. The lowest BCUT2D eigenvalue weighted by Gasteiger charge is -2.19. The largest absolute Gasteiger partial charge is 0.401 e. The van der Waals surface area contributed by atoms with Crippen LogP contribution in [0.15, 0.2) is 11.4 Å². The minimum Gasteiger partial charge on any atom is -0.401 e. The zero-order valence-corrected chi connectivity index (χ0v) is 6.96. The van der Waals surface area contributed by atoms with Crippen molar-refractivity contribution in [1.29, 1.82) is 0 Å². The Hall–Kier alpha value is -0.730. The van der Waals surface area contributed by atoms with Crippen LogP contribution in [0.25, 0.3) is 0 Å². The molecule has 0 atom stereocenters. The Morgan fingerprint density at radius 2 is 1.90 bits per heavy atom. The summed E-state index contributed by atoms with van der Waals surface area (Å²) < 4.78 is 13.1. The van der Waals surface area contributed by atoms with Crippen LogP contribution in [0.1, 0.15) is 20.8 Å². The van der Waals surface area contributed by atoms with Gasteiger partial charge in [0.1, 0.15) is 5.67 Å². The second-order valence-electron chi connectivity index (χ2n) is 2.78. The number of nitrogens with two attached hydrogens (primary N) is 1. The standard InChI is InChI=1S/C7H15FN2/c1-5(9)6(10-4)7(2,3)8/h10H,9H2,1-4H3/b6-5+. The van der Waals surface area contributed by atoms with Gasteiger partial charge >= 0.3 is 0 Å². The van der Waals surface area contributed by atoms with E-state index in [0.29, 0.717) is 11.4 Å². The fourth-order valence-electron chi connectivity index (χ4n) is 0.963. The van der Waals surface area contributed by atoms with Crippen LogP contribution >= 0.6 is 0 Å². The molecule has 3 N–H and O–H groups in total. The molecular weight excluding hydrogens is 131 g/mol. The molecule has 0 aromatic heterocycles. The van der Waals surface area contributed by atoms with Gasteiger partial charge in [-0.2, -0.15) is 0 Å². The van der Waals surface area contributed by atoms with Crippen molar-refractivity contribution in [2.45, 2.75) is 26.4 Å². The van der Waals surface area contributed by atoms with Gasteiger partial charge in [0.15, 0.2) is 0 Å². The lowest BCUT2D eigenvalue weighted by atomic mass is 10.1. The third-order valence-corrected chi connectivity index (χ3v) is 1.24. The second kappa shape index (κ2) is 2.90. The van der Waals surface area contributed by atoms with Gasteiger partial charge in [0.05, 0.1) is 5.70 Å². The maximum atomic E-state index is 13.1. The van der Waals surface area contributed by atoms with Gasteiger partial charge in [-0.15, -0.1) is 0 Å². The Bertz CT molecular complexity index is 140. The molecule has 0 saturated carbocycles. The molecule has 10 heavy (non-hydrogen) atoms. The molecule has 0 bridgehead atoms. The van der Waals surface area contributed by atoms with Gasteiger partial charge in [0.2, 0.25) is 0 Å². The summed E-state index contributed by atoms with van der Waals surface area (Å²) in [6.07, 6.45) is 0. The van der Waals surface area contributed by atoms with Crippen molar-refractivity contribution >= 4 is 0 Å². The molecule has 0 aliphatic heterocycles. The summed E-state index contributed by atoms with van der Waals surface area (Å²) in [6.45, 7) is 4.61. The first-order chi connectivity index (χ1) is 4.39. The number of halogens is 1. The van der Waals surface area contributed by atoms with Crippen molar-refractivity contribution in [3.63, 3.8) is 0 Å². The van der Waals surface area contributed by atoms with E-state index in [4.69, 9.17) is 5.73 Å². The monoisotopic (exact) mass is 146 g/mol. The van der Waals surface area contributed by atoms with Gasteiger partial charge in [-0.3, -0.25) is 0 Å². The SMILES string of the molecule is CN/C(=C(\C)N)C(C)(C)F. The van der Waals surface area contributed by atoms with Gasteiger partial charge in [0, 0.05) is 12.7 Å². The number of allylic oxidation sites excluding steroid dienone is 2. The molecule has 0 aromatic rings. The van der Waals surface area contributed by atoms with Crippen molar-refractivity contribution in [1.82, 2.24) is 5.32 Å². The van der Waals surface area contributed by atoms with Gasteiger partial charge in [-0.1, -0.05) is 0 Å². The molecule has 0 unspecified atom stereocenters. The van der Waals surface area contributed by atoms with E-state index in [1.54, 1.807) is 14.0 Å². The number of rotatable bonds is 2. The van der Waals surface area contributed by atoms with E-state index in [0.717, 1.165) is 0 Å². The van der Waals surface area contributed by atoms with Crippen molar-refractivity contribution in [2.75, 3.05) is 7.05 Å². The van der Waals surface area contributed by atoms with Crippen molar-refractivity contribution in [2.24, 2.45) is 5.73 Å². The number of nitrogens with one attached hydrogen (secondary N) is 1. The minimum atomic E-state index is -1.37. The normalized spacial score (nSPS) is 14.5. The van der Waals surface area contributed by atoms with E-state index < -0.39 is 5.67 Å². The zero-order chi connectivity index (χ0) is 8.36. The van der Waals surface area contributed by atoms with Gasteiger partial charge in [-0.05, 0) is 20.8 Å². The van der Waals surface area contributed by atoms with Crippen LogP contribution in [0, 0.1) is 0 Å². The Balaban J connectivity index is 4.55. The lowest BCUT2D eigenvalue weighted by Crippen LogP contribution is -2.28. The Morgan fingerprint density at radius 1 is 1.50 bits per heavy atom. The summed E-state index contributed by atoms with van der Waals surface area (Å²) in [5, 5.41) is 2.72.